The molecule has 21 heavy (non-hydrogen) atoms. The van der Waals surface area contributed by atoms with Gasteiger partial charge in [-0.05, 0) is 23.4 Å². The van der Waals surface area contributed by atoms with E-state index in [1.807, 2.05) is 29.6 Å². The molecule has 106 valence electrons. The van der Waals surface area contributed by atoms with E-state index in [1.54, 1.807) is 6.07 Å². The fourth-order valence-electron chi connectivity index (χ4n) is 2.18. The molecule has 0 unspecified atom stereocenters. The second kappa shape index (κ2) is 5.61. The number of aromatic nitrogens is 2. The van der Waals surface area contributed by atoms with Gasteiger partial charge in [0.15, 0.2) is 5.78 Å². The van der Waals surface area contributed by atoms with Crippen molar-refractivity contribution in [2.45, 2.75) is 19.9 Å². The molecule has 1 aromatic carbocycles. The number of benzene rings is 1. The van der Waals surface area contributed by atoms with E-state index >= 15 is 0 Å². The van der Waals surface area contributed by atoms with Crippen molar-refractivity contribution in [3.8, 4) is 0 Å². The zero-order chi connectivity index (χ0) is 14.8. The molecular weight excluding hydrogens is 284 g/mol. The van der Waals surface area contributed by atoms with Crippen LogP contribution in [0.1, 0.15) is 22.8 Å². The van der Waals surface area contributed by atoms with Crippen molar-refractivity contribution in [2.24, 2.45) is 0 Å². The second-order valence-corrected chi connectivity index (χ2v) is 5.69. The van der Waals surface area contributed by atoms with Crippen LogP contribution in [0.15, 0.2) is 46.8 Å². The van der Waals surface area contributed by atoms with Crippen molar-refractivity contribution in [2.75, 3.05) is 0 Å². The maximum absolute atomic E-state index is 12.3. The Hall–Kier alpha value is -2.27. The van der Waals surface area contributed by atoms with Gasteiger partial charge in [0.2, 0.25) is 0 Å². The van der Waals surface area contributed by atoms with Crippen LogP contribution in [0.4, 0.5) is 0 Å². The summed E-state index contributed by atoms with van der Waals surface area (Å²) in [5.41, 5.74) is 1.63. The lowest BCUT2D eigenvalue weighted by Gasteiger charge is -2.05. The Morgan fingerprint density at radius 1 is 1.24 bits per heavy atom. The number of carbonyl (C=O) groups excluding carboxylic acids is 1. The van der Waals surface area contributed by atoms with Gasteiger partial charge in [-0.1, -0.05) is 31.2 Å². The Bertz CT molecular complexity index is 847. The highest BCUT2D eigenvalue weighted by Crippen LogP contribution is 2.13. The predicted octanol–water partition coefficient (Wildman–Crippen LogP) is 2.90. The molecule has 2 aromatic heterocycles. The SMILES string of the molecule is CCc1ccc(C(=O)Cn2cnc3sccc3c2=O)cc1. The van der Waals surface area contributed by atoms with Crippen LogP contribution < -0.4 is 5.56 Å². The zero-order valence-electron chi connectivity index (χ0n) is 11.6. The minimum absolute atomic E-state index is 0.0170. The molecule has 2 heterocycles. The van der Waals surface area contributed by atoms with E-state index in [2.05, 4.69) is 11.9 Å². The summed E-state index contributed by atoms with van der Waals surface area (Å²) in [4.78, 5) is 29.4. The third-order valence-electron chi connectivity index (χ3n) is 3.45. The highest BCUT2D eigenvalue weighted by Gasteiger charge is 2.10. The van der Waals surface area contributed by atoms with Crippen LogP contribution in [-0.4, -0.2) is 15.3 Å². The Labute approximate surface area is 125 Å². The predicted molar refractivity (Wildman–Crippen MR) is 84.0 cm³/mol. The molecule has 0 N–H and O–H groups in total. The minimum Gasteiger partial charge on any atom is -0.292 e. The average molecular weight is 298 g/mol. The summed E-state index contributed by atoms with van der Waals surface area (Å²) in [6.07, 6.45) is 2.38. The highest BCUT2D eigenvalue weighted by molar-refractivity contribution is 7.16. The molecule has 0 aliphatic rings. The molecule has 0 aliphatic heterocycles. The van der Waals surface area contributed by atoms with Crippen LogP contribution in [0.5, 0.6) is 0 Å². The summed E-state index contributed by atoms with van der Waals surface area (Å²) in [6, 6.07) is 9.24. The third kappa shape index (κ3) is 2.64. The first kappa shape index (κ1) is 13.7. The van der Waals surface area contributed by atoms with Gasteiger partial charge in [-0.25, -0.2) is 4.98 Å². The molecule has 3 rings (SSSR count). The number of hydrogen-bond donors (Lipinski definition) is 0. The van der Waals surface area contributed by atoms with Gasteiger partial charge in [-0.15, -0.1) is 11.3 Å². The van der Waals surface area contributed by atoms with Gasteiger partial charge in [0.25, 0.3) is 5.56 Å². The first-order chi connectivity index (χ1) is 10.2. The topological polar surface area (TPSA) is 52.0 Å². The van der Waals surface area contributed by atoms with Crippen LogP contribution in [-0.2, 0) is 13.0 Å². The number of carbonyl (C=O) groups is 1. The number of nitrogens with zero attached hydrogens (tertiary/aromatic N) is 2. The van der Waals surface area contributed by atoms with E-state index in [0.717, 1.165) is 6.42 Å². The average Bonchev–Trinajstić information content (AvgIpc) is 2.99. The molecule has 0 fully saturated rings. The normalized spacial score (nSPS) is 10.9. The van der Waals surface area contributed by atoms with Crippen LogP contribution in [0.3, 0.4) is 0 Å². The quantitative estimate of drug-likeness (QED) is 0.696. The molecular formula is C16H14N2O2S. The van der Waals surface area contributed by atoms with Crippen molar-refractivity contribution in [1.82, 2.24) is 9.55 Å². The number of thiophene rings is 1. The van der Waals surface area contributed by atoms with Crippen molar-refractivity contribution in [3.63, 3.8) is 0 Å². The van der Waals surface area contributed by atoms with Gasteiger partial charge in [0.1, 0.15) is 4.83 Å². The van der Waals surface area contributed by atoms with Gasteiger partial charge in [-0.2, -0.15) is 0 Å². The zero-order valence-corrected chi connectivity index (χ0v) is 12.4. The van der Waals surface area contributed by atoms with Crippen molar-refractivity contribution in [3.05, 3.63) is 63.5 Å². The van der Waals surface area contributed by atoms with E-state index in [4.69, 9.17) is 0 Å². The van der Waals surface area contributed by atoms with Crippen LogP contribution in [0.2, 0.25) is 0 Å². The Balaban J connectivity index is 1.88. The summed E-state index contributed by atoms with van der Waals surface area (Å²) in [5, 5.41) is 2.39. The maximum Gasteiger partial charge on any atom is 0.262 e. The number of ketones is 1. The fourth-order valence-corrected chi connectivity index (χ4v) is 2.90. The van der Waals surface area contributed by atoms with E-state index in [0.29, 0.717) is 15.8 Å². The van der Waals surface area contributed by atoms with Crippen molar-refractivity contribution < 1.29 is 4.79 Å². The molecule has 4 nitrogen and oxygen atoms in total. The van der Waals surface area contributed by atoms with Gasteiger partial charge >= 0.3 is 0 Å². The molecule has 5 heteroatoms. The Kier molecular flexibility index (Phi) is 3.66. The van der Waals surface area contributed by atoms with Gasteiger partial charge in [0, 0.05) is 5.56 Å². The van der Waals surface area contributed by atoms with Crippen LogP contribution >= 0.6 is 11.3 Å². The number of hydrogen-bond acceptors (Lipinski definition) is 4. The first-order valence-electron chi connectivity index (χ1n) is 6.74. The van der Waals surface area contributed by atoms with E-state index in [1.165, 1.54) is 27.8 Å². The lowest BCUT2D eigenvalue weighted by atomic mass is 10.1. The molecule has 0 aliphatic carbocycles. The Morgan fingerprint density at radius 3 is 2.71 bits per heavy atom. The van der Waals surface area contributed by atoms with E-state index in [9.17, 15) is 9.59 Å². The second-order valence-electron chi connectivity index (χ2n) is 4.79. The molecule has 0 saturated heterocycles. The fraction of sp³-hybridized carbons (Fsp3) is 0.188. The molecule has 0 saturated carbocycles. The summed E-state index contributed by atoms with van der Waals surface area (Å²) in [5.74, 6) is -0.0869. The standard InChI is InChI=1S/C16H14N2O2S/c1-2-11-3-5-12(6-4-11)14(19)9-18-10-17-15-13(16(18)20)7-8-21-15/h3-8,10H,2,9H2,1H3. The lowest BCUT2D eigenvalue weighted by Crippen LogP contribution is -2.24. The third-order valence-corrected chi connectivity index (χ3v) is 4.27. The molecule has 0 bridgehead atoms. The number of rotatable bonds is 4. The lowest BCUT2D eigenvalue weighted by molar-refractivity contribution is 0.0970. The van der Waals surface area contributed by atoms with Crippen molar-refractivity contribution >= 4 is 27.3 Å². The number of Topliss-reactive ketones (excluding diaryl/α,β-unsaturated/α-hetero) is 1. The monoisotopic (exact) mass is 298 g/mol. The van der Waals surface area contributed by atoms with E-state index < -0.39 is 0 Å². The Morgan fingerprint density at radius 2 is 2.00 bits per heavy atom. The van der Waals surface area contributed by atoms with Crippen LogP contribution in [0, 0.1) is 0 Å². The summed E-state index contributed by atoms with van der Waals surface area (Å²) in [7, 11) is 0. The number of fused-ring (bicyclic) bond motifs is 1. The minimum atomic E-state index is -0.167. The van der Waals surface area contributed by atoms with Crippen LogP contribution in [0.25, 0.3) is 10.2 Å². The van der Waals surface area contributed by atoms with Gasteiger partial charge in [-0.3, -0.25) is 14.2 Å². The summed E-state index contributed by atoms with van der Waals surface area (Å²) >= 11 is 1.42. The molecule has 3 aromatic rings. The summed E-state index contributed by atoms with van der Waals surface area (Å²) < 4.78 is 1.37. The maximum atomic E-state index is 12.3. The molecule has 0 atom stereocenters. The molecule has 0 amide bonds. The summed E-state index contributed by atoms with van der Waals surface area (Å²) in [6.45, 7) is 2.08. The highest BCUT2D eigenvalue weighted by atomic mass is 32.1. The largest absolute Gasteiger partial charge is 0.292 e. The first-order valence-corrected chi connectivity index (χ1v) is 7.62. The number of aryl methyl sites for hydroxylation is 1. The van der Waals surface area contributed by atoms with Gasteiger partial charge in [0.05, 0.1) is 18.3 Å². The van der Waals surface area contributed by atoms with Crippen molar-refractivity contribution in [1.29, 1.82) is 0 Å². The smallest absolute Gasteiger partial charge is 0.262 e. The molecule has 0 radical (unpaired) electrons. The molecule has 0 spiro atoms. The van der Waals surface area contributed by atoms with Gasteiger partial charge < -0.3 is 0 Å². The van der Waals surface area contributed by atoms with E-state index in [-0.39, 0.29) is 17.9 Å².